The average molecular weight is 333 g/mol. The van der Waals surface area contributed by atoms with E-state index in [-0.39, 0.29) is 12.0 Å². The molecule has 0 bridgehead atoms. The van der Waals surface area contributed by atoms with Crippen LogP contribution in [0.2, 0.25) is 0 Å². The first-order valence-electron chi connectivity index (χ1n) is 7.62. The Bertz CT molecular complexity index is 567. The van der Waals surface area contributed by atoms with Gasteiger partial charge in [-0.05, 0) is 18.8 Å². The Balaban J connectivity index is 2.27. The topological polar surface area (TPSA) is 58.4 Å². The molecule has 0 aliphatic heterocycles. The van der Waals surface area contributed by atoms with Crippen LogP contribution in [0.15, 0.2) is 12.4 Å². The Morgan fingerprint density at radius 3 is 2.48 bits per heavy atom. The van der Waals surface area contributed by atoms with Crippen LogP contribution in [0.3, 0.4) is 0 Å². The van der Waals surface area contributed by atoms with Crippen molar-refractivity contribution in [1.82, 2.24) is 14.5 Å². The van der Waals surface area contributed by atoms with Gasteiger partial charge < -0.3 is 14.6 Å². The van der Waals surface area contributed by atoms with Gasteiger partial charge in [0.05, 0.1) is 6.42 Å². The zero-order valence-corrected chi connectivity index (χ0v) is 13.5. The van der Waals surface area contributed by atoms with E-state index in [1.165, 1.54) is 24.3 Å². The van der Waals surface area contributed by atoms with Crippen LogP contribution in [0.1, 0.15) is 38.9 Å². The normalized spacial score (nSPS) is 18.1. The van der Waals surface area contributed by atoms with Crippen molar-refractivity contribution >= 4 is 5.91 Å². The number of alkyl halides is 3. The van der Waals surface area contributed by atoms with Crippen LogP contribution in [0.25, 0.3) is 0 Å². The SMILES string of the molecule is CC(C)CN(C(=O)CC(O)(c1nccn1C)C(F)(F)F)C1CC1. The molecule has 1 N–H and O–H groups in total. The van der Waals surface area contributed by atoms with E-state index in [0.717, 1.165) is 17.4 Å². The van der Waals surface area contributed by atoms with Gasteiger partial charge in [0, 0.05) is 32.0 Å². The number of imidazole rings is 1. The molecule has 1 amide bonds. The summed E-state index contributed by atoms with van der Waals surface area (Å²) < 4.78 is 41.5. The van der Waals surface area contributed by atoms with E-state index in [2.05, 4.69) is 4.98 Å². The van der Waals surface area contributed by atoms with Crippen molar-refractivity contribution in [3.8, 4) is 0 Å². The van der Waals surface area contributed by atoms with Crippen LogP contribution in [0.5, 0.6) is 0 Å². The molecule has 1 fully saturated rings. The number of carbonyl (C=O) groups is 1. The van der Waals surface area contributed by atoms with E-state index < -0.39 is 29.9 Å². The Morgan fingerprint density at radius 2 is 2.09 bits per heavy atom. The first kappa shape index (κ1) is 17.8. The van der Waals surface area contributed by atoms with Crippen molar-refractivity contribution in [2.45, 2.75) is 50.9 Å². The molecule has 1 unspecified atom stereocenters. The highest BCUT2D eigenvalue weighted by Gasteiger charge is 2.59. The minimum atomic E-state index is -4.99. The summed E-state index contributed by atoms with van der Waals surface area (Å²) in [7, 11) is 1.36. The highest BCUT2D eigenvalue weighted by molar-refractivity contribution is 5.78. The molecule has 0 saturated heterocycles. The van der Waals surface area contributed by atoms with Gasteiger partial charge in [0.15, 0.2) is 5.82 Å². The zero-order chi connectivity index (χ0) is 17.4. The molecule has 1 saturated carbocycles. The third-order valence-electron chi connectivity index (χ3n) is 3.94. The Labute approximate surface area is 133 Å². The minimum absolute atomic E-state index is 0.0104. The summed E-state index contributed by atoms with van der Waals surface area (Å²) in [5.74, 6) is -1.12. The number of carbonyl (C=O) groups excluding carboxylic acids is 1. The summed E-state index contributed by atoms with van der Waals surface area (Å²) in [5.41, 5.74) is -3.29. The first-order valence-corrected chi connectivity index (χ1v) is 7.62. The summed E-state index contributed by atoms with van der Waals surface area (Å²) in [5, 5.41) is 10.3. The standard InChI is InChI=1S/C15H22F3N3O2/c1-10(2)9-21(11-4-5-11)12(22)8-14(23,15(16,17)18)13-19-6-7-20(13)3/h6-7,10-11,23H,4-5,8-9H2,1-3H3. The third-order valence-corrected chi connectivity index (χ3v) is 3.94. The van der Waals surface area contributed by atoms with Crippen LogP contribution in [-0.2, 0) is 17.4 Å². The monoisotopic (exact) mass is 333 g/mol. The van der Waals surface area contributed by atoms with E-state index in [9.17, 15) is 23.1 Å². The fraction of sp³-hybridized carbons (Fsp3) is 0.733. The molecule has 2 rings (SSSR count). The van der Waals surface area contributed by atoms with Gasteiger partial charge in [0.25, 0.3) is 0 Å². The Morgan fingerprint density at radius 1 is 1.48 bits per heavy atom. The average Bonchev–Trinajstić information content (AvgIpc) is 3.15. The molecule has 1 aromatic heterocycles. The number of hydrogen-bond donors (Lipinski definition) is 1. The predicted octanol–water partition coefficient (Wildman–Crippen LogP) is 2.21. The van der Waals surface area contributed by atoms with Crippen LogP contribution in [0, 0.1) is 5.92 Å². The quantitative estimate of drug-likeness (QED) is 0.868. The summed E-state index contributed by atoms with van der Waals surface area (Å²) in [6, 6.07) is -0.0104. The van der Waals surface area contributed by atoms with Gasteiger partial charge in [0.2, 0.25) is 11.5 Å². The smallest absolute Gasteiger partial charge is 0.374 e. The van der Waals surface area contributed by atoms with E-state index in [1.54, 1.807) is 0 Å². The fourth-order valence-electron chi connectivity index (χ4n) is 2.62. The van der Waals surface area contributed by atoms with E-state index in [1.807, 2.05) is 13.8 Å². The van der Waals surface area contributed by atoms with Crippen molar-refractivity contribution in [1.29, 1.82) is 0 Å². The highest BCUT2D eigenvalue weighted by Crippen LogP contribution is 2.42. The van der Waals surface area contributed by atoms with Crippen LogP contribution >= 0.6 is 0 Å². The second-order valence-corrected chi connectivity index (χ2v) is 6.57. The second-order valence-electron chi connectivity index (χ2n) is 6.57. The molecule has 1 aliphatic rings. The van der Waals surface area contributed by atoms with E-state index >= 15 is 0 Å². The molecule has 1 atom stereocenters. The summed E-state index contributed by atoms with van der Waals surface area (Å²) in [4.78, 5) is 17.5. The molecule has 0 radical (unpaired) electrons. The van der Waals surface area contributed by atoms with Gasteiger partial charge in [-0.15, -0.1) is 0 Å². The van der Waals surface area contributed by atoms with Gasteiger partial charge in [-0.25, -0.2) is 4.98 Å². The molecule has 0 spiro atoms. The molecular formula is C15H22F3N3O2. The van der Waals surface area contributed by atoms with E-state index in [4.69, 9.17) is 0 Å². The summed E-state index contributed by atoms with van der Waals surface area (Å²) >= 11 is 0. The minimum Gasteiger partial charge on any atom is -0.374 e. The number of aromatic nitrogens is 2. The third kappa shape index (κ3) is 3.68. The molecule has 130 valence electrons. The maximum Gasteiger partial charge on any atom is 0.425 e. The first-order chi connectivity index (χ1) is 10.6. The van der Waals surface area contributed by atoms with Crippen molar-refractivity contribution in [2.75, 3.05) is 6.54 Å². The number of rotatable bonds is 6. The largest absolute Gasteiger partial charge is 0.425 e. The van der Waals surface area contributed by atoms with Crippen molar-refractivity contribution in [3.05, 3.63) is 18.2 Å². The summed E-state index contributed by atoms with van der Waals surface area (Å²) in [6.07, 6.45) is -1.97. The number of hydrogen-bond acceptors (Lipinski definition) is 3. The maximum absolute atomic E-state index is 13.5. The zero-order valence-electron chi connectivity index (χ0n) is 13.5. The molecular weight excluding hydrogens is 311 g/mol. The fourth-order valence-corrected chi connectivity index (χ4v) is 2.62. The molecule has 23 heavy (non-hydrogen) atoms. The van der Waals surface area contributed by atoms with Crippen LogP contribution in [0.4, 0.5) is 13.2 Å². The lowest BCUT2D eigenvalue weighted by Gasteiger charge is -2.32. The van der Waals surface area contributed by atoms with Crippen molar-refractivity contribution in [2.24, 2.45) is 13.0 Å². The van der Waals surface area contributed by atoms with Crippen LogP contribution in [-0.4, -0.2) is 44.2 Å². The molecule has 1 heterocycles. The van der Waals surface area contributed by atoms with Crippen LogP contribution < -0.4 is 0 Å². The lowest BCUT2D eigenvalue weighted by Crippen LogP contribution is -2.49. The van der Waals surface area contributed by atoms with E-state index in [0.29, 0.717) is 6.54 Å². The van der Waals surface area contributed by atoms with Gasteiger partial charge in [0.1, 0.15) is 0 Å². The number of aryl methyl sites for hydroxylation is 1. The molecule has 8 heteroatoms. The number of amides is 1. The summed E-state index contributed by atoms with van der Waals surface area (Å²) in [6.45, 7) is 4.19. The maximum atomic E-state index is 13.5. The second kappa shape index (κ2) is 6.14. The van der Waals surface area contributed by atoms with Gasteiger partial charge in [-0.2, -0.15) is 13.2 Å². The van der Waals surface area contributed by atoms with Crippen molar-refractivity contribution < 1.29 is 23.1 Å². The molecule has 1 aliphatic carbocycles. The Kier molecular flexibility index (Phi) is 4.75. The number of nitrogens with zero attached hydrogens (tertiary/aromatic N) is 3. The predicted molar refractivity (Wildman–Crippen MR) is 77.3 cm³/mol. The Hall–Kier alpha value is -1.57. The van der Waals surface area contributed by atoms with Gasteiger partial charge in [-0.3, -0.25) is 4.79 Å². The lowest BCUT2D eigenvalue weighted by molar-refractivity contribution is -0.272. The highest BCUT2D eigenvalue weighted by atomic mass is 19.4. The van der Waals surface area contributed by atoms with Gasteiger partial charge in [-0.1, -0.05) is 13.8 Å². The molecule has 5 nitrogen and oxygen atoms in total. The number of aliphatic hydroxyl groups is 1. The number of halogens is 3. The lowest BCUT2D eigenvalue weighted by atomic mass is 9.96. The van der Waals surface area contributed by atoms with Crippen molar-refractivity contribution in [3.63, 3.8) is 0 Å². The molecule has 1 aromatic rings. The molecule has 0 aromatic carbocycles. The van der Waals surface area contributed by atoms with Gasteiger partial charge >= 0.3 is 6.18 Å².